The number of hydrogen-bond acceptors (Lipinski definition) is 1. The van der Waals surface area contributed by atoms with Crippen molar-refractivity contribution in [1.29, 1.82) is 0 Å². The first-order chi connectivity index (χ1) is 9.72. The first kappa shape index (κ1) is 13.2. The number of benzene rings is 3. The van der Waals surface area contributed by atoms with Crippen molar-refractivity contribution in [2.75, 3.05) is 5.32 Å². The molecule has 100 valence electrons. The normalized spacial score (nSPS) is 12.3. The average molecular weight is 326 g/mol. The Kier molecular flexibility index (Phi) is 3.75. The van der Waals surface area contributed by atoms with Crippen LogP contribution in [0.4, 0.5) is 5.69 Å². The molecule has 1 unspecified atom stereocenters. The van der Waals surface area contributed by atoms with E-state index >= 15 is 0 Å². The quantitative estimate of drug-likeness (QED) is 0.644. The van der Waals surface area contributed by atoms with Gasteiger partial charge in [-0.3, -0.25) is 0 Å². The molecular formula is C18H16BrN. The van der Waals surface area contributed by atoms with Crippen LogP contribution in [0, 0.1) is 0 Å². The number of rotatable bonds is 3. The highest BCUT2D eigenvalue weighted by molar-refractivity contribution is 9.10. The minimum Gasteiger partial charge on any atom is -0.379 e. The summed E-state index contributed by atoms with van der Waals surface area (Å²) >= 11 is 3.47. The Morgan fingerprint density at radius 2 is 1.55 bits per heavy atom. The van der Waals surface area contributed by atoms with Crippen LogP contribution in [0.1, 0.15) is 18.5 Å². The second kappa shape index (κ2) is 5.68. The van der Waals surface area contributed by atoms with Crippen LogP contribution in [-0.4, -0.2) is 0 Å². The zero-order valence-corrected chi connectivity index (χ0v) is 12.9. The van der Waals surface area contributed by atoms with Crippen LogP contribution in [0.25, 0.3) is 10.8 Å². The molecule has 0 fully saturated rings. The van der Waals surface area contributed by atoms with E-state index in [0.29, 0.717) is 0 Å². The Morgan fingerprint density at radius 1 is 0.850 bits per heavy atom. The van der Waals surface area contributed by atoms with Crippen LogP contribution < -0.4 is 5.32 Å². The van der Waals surface area contributed by atoms with E-state index in [9.17, 15) is 0 Å². The van der Waals surface area contributed by atoms with Crippen LogP contribution in [0.5, 0.6) is 0 Å². The molecule has 0 saturated carbocycles. The van der Waals surface area contributed by atoms with Gasteiger partial charge < -0.3 is 5.32 Å². The predicted octanol–water partition coefficient (Wildman–Crippen LogP) is 5.78. The summed E-state index contributed by atoms with van der Waals surface area (Å²) in [5, 5.41) is 6.09. The van der Waals surface area contributed by atoms with Crippen molar-refractivity contribution in [2.45, 2.75) is 13.0 Å². The van der Waals surface area contributed by atoms with Crippen LogP contribution in [-0.2, 0) is 0 Å². The first-order valence-corrected chi connectivity index (χ1v) is 7.52. The maximum absolute atomic E-state index is 3.55. The van der Waals surface area contributed by atoms with Gasteiger partial charge in [-0.15, -0.1) is 0 Å². The summed E-state index contributed by atoms with van der Waals surface area (Å²) < 4.78 is 1.11. The molecule has 0 amide bonds. The molecule has 1 N–H and O–H groups in total. The lowest BCUT2D eigenvalue weighted by molar-refractivity contribution is 0.885. The van der Waals surface area contributed by atoms with Crippen LogP contribution in [0.2, 0.25) is 0 Å². The van der Waals surface area contributed by atoms with Crippen molar-refractivity contribution >= 4 is 32.4 Å². The summed E-state index contributed by atoms with van der Waals surface area (Å²) in [6, 6.07) is 23.6. The van der Waals surface area contributed by atoms with E-state index in [1.807, 2.05) is 0 Å². The molecule has 20 heavy (non-hydrogen) atoms. The lowest BCUT2D eigenvalue weighted by Crippen LogP contribution is -2.06. The summed E-state index contributed by atoms with van der Waals surface area (Å²) in [5.41, 5.74) is 2.43. The number of halogens is 1. The topological polar surface area (TPSA) is 12.0 Å². The third-order valence-corrected chi connectivity index (χ3v) is 4.03. The molecule has 3 aromatic carbocycles. The fourth-order valence-corrected chi connectivity index (χ4v) is 2.63. The maximum Gasteiger partial charge on any atom is 0.0485 e. The molecule has 3 aromatic rings. The molecule has 0 heterocycles. The molecule has 0 aliphatic heterocycles. The Labute approximate surface area is 127 Å². The Balaban J connectivity index is 1.83. The lowest BCUT2D eigenvalue weighted by Gasteiger charge is -2.16. The van der Waals surface area contributed by atoms with Gasteiger partial charge >= 0.3 is 0 Å². The molecule has 0 spiro atoms. The van der Waals surface area contributed by atoms with Gasteiger partial charge in [0.25, 0.3) is 0 Å². The molecule has 3 rings (SSSR count). The third-order valence-electron chi connectivity index (χ3n) is 3.50. The van der Waals surface area contributed by atoms with Crippen molar-refractivity contribution in [3.8, 4) is 0 Å². The molecular weight excluding hydrogens is 310 g/mol. The molecule has 0 saturated heterocycles. The average Bonchev–Trinajstić information content (AvgIpc) is 2.48. The lowest BCUT2D eigenvalue weighted by atomic mass is 10.1. The standard InChI is InChI=1S/C18H16BrN/c1-13(14-6-9-17(19)10-7-14)20-18-11-8-15-4-2-3-5-16(15)12-18/h2-13,20H,1H3. The molecule has 0 aliphatic rings. The minimum atomic E-state index is 0.282. The molecule has 0 bridgehead atoms. The van der Waals surface area contributed by atoms with Crippen molar-refractivity contribution in [2.24, 2.45) is 0 Å². The summed E-state index contributed by atoms with van der Waals surface area (Å²) in [7, 11) is 0. The Morgan fingerprint density at radius 3 is 2.30 bits per heavy atom. The van der Waals surface area contributed by atoms with E-state index in [-0.39, 0.29) is 6.04 Å². The molecule has 1 nitrogen and oxygen atoms in total. The smallest absolute Gasteiger partial charge is 0.0485 e. The third kappa shape index (κ3) is 2.86. The van der Waals surface area contributed by atoms with Crippen molar-refractivity contribution in [3.05, 3.63) is 76.8 Å². The number of hydrogen-bond donors (Lipinski definition) is 1. The summed E-state index contributed by atoms with van der Waals surface area (Å²) in [4.78, 5) is 0. The van der Waals surface area contributed by atoms with E-state index in [0.717, 1.165) is 10.2 Å². The van der Waals surface area contributed by atoms with Crippen LogP contribution >= 0.6 is 15.9 Å². The summed E-state index contributed by atoms with van der Waals surface area (Å²) in [6.07, 6.45) is 0. The van der Waals surface area contributed by atoms with Gasteiger partial charge in [0.2, 0.25) is 0 Å². The highest BCUT2D eigenvalue weighted by atomic mass is 79.9. The van der Waals surface area contributed by atoms with Gasteiger partial charge in [0.1, 0.15) is 0 Å². The molecule has 1 atom stereocenters. The van der Waals surface area contributed by atoms with Crippen molar-refractivity contribution in [3.63, 3.8) is 0 Å². The number of anilines is 1. The van der Waals surface area contributed by atoms with Gasteiger partial charge in [-0.05, 0) is 47.5 Å². The van der Waals surface area contributed by atoms with Gasteiger partial charge in [-0.25, -0.2) is 0 Å². The van der Waals surface area contributed by atoms with Gasteiger partial charge in [-0.2, -0.15) is 0 Å². The summed E-state index contributed by atoms with van der Waals surface area (Å²) in [5.74, 6) is 0. The van der Waals surface area contributed by atoms with E-state index < -0.39 is 0 Å². The highest BCUT2D eigenvalue weighted by Crippen LogP contribution is 2.24. The Hall–Kier alpha value is -1.80. The number of nitrogens with one attached hydrogen (secondary N) is 1. The second-order valence-corrected chi connectivity index (χ2v) is 5.90. The van der Waals surface area contributed by atoms with E-state index in [2.05, 4.69) is 94.9 Å². The molecule has 0 aliphatic carbocycles. The minimum absolute atomic E-state index is 0.282. The highest BCUT2D eigenvalue weighted by Gasteiger charge is 2.05. The Bertz CT molecular complexity index is 719. The fourth-order valence-electron chi connectivity index (χ4n) is 2.36. The largest absolute Gasteiger partial charge is 0.379 e. The molecule has 0 aromatic heterocycles. The summed E-state index contributed by atoms with van der Waals surface area (Å²) in [6.45, 7) is 2.18. The zero-order chi connectivity index (χ0) is 13.9. The molecule has 2 heteroatoms. The molecule has 0 radical (unpaired) electrons. The monoisotopic (exact) mass is 325 g/mol. The van der Waals surface area contributed by atoms with Crippen molar-refractivity contribution in [1.82, 2.24) is 0 Å². The maximum atomic E-state index is 3.55. The van der Waals surface area contributed by atoms with Crippen LogP contribution in [0.15, 0.2) is 71.2 Å². The van der Waals surface area contributed by atoms with E-state index in [1.54, 1.807) is 0 Å². The van der Waals surface area contributed by atoms with Gasteiger partial charge in [0.15, 0.2) is 0 Å². The van der Waals surface area contributed by atoms with E-state index in [1.165, 1.54) is 16.3 Å². The zero-order valence-electron chi connectivity index (χ0n) is 11.3. The predicted molar refractivity (Wildman–Crippen MR) is 90.1 cm³/mol. The SMILES string of the molecule is CC(Nc1ccc2ccccc2c1)c1ccc(Br)cc1. The van der Waals surface area contributed by atoms with Crippen molar-refractivity contribution < 1.29 is 0 Å². The number of fused-ring (bicyclic) bond motifs is 1. The van der Waals surface area contributed by atoms with Gasteiger partial charge in [0, 0.05) is 16.2 Å². The van der Waals surface area contributed by atoms with E-state index in [4.69, 9.17) is 0 Å². The second-order valence-electron chi connectivity index (χ2n) is 4.98. The van der Waals surface area contributed by atoms with Gasteiger partial charge in [-0.1, -0.05) is 58.4 Å². The fraction of sp³-hybridized carbons (Fsp3) is 0.111. The van der Waals surface area contributed by atoms with Gasteiger partial charge in [0.05, 0.1) is 0 Å². The first-order valence-electron chi connectivity index (χ1n) is 6.73. The van der Waals surface area contributed by atoms with Crippen LogP contribution in [0.3, 0.4) is 0 Å².